The molecular weight excluding hydrogens is 314 g/mol. The monoisotopic (exact) mass is 321 g/mol. The smallest absolute Gasteiger partial charge is 0.310 e. The lowest BCUT2D eigenvalue weighted by atomic mass is 10.1. The number of hydrogen-bond donors (Lipinski definition) is 1. The lowest BCUT2D eigenvalue weighted by Gasteiger charge is -2.06. The Labute approximate surface area is 98.9 Å². The summed E-state index contributed by atoms with van der Waals surface area (Å²) in [7, 11) is 1.36. The van der Waals surface area contributed by atoms with Gasteiger partial charge in [0.15, 0.2) is 0 Å². The lowest BCUT2D eigenvalue weighted by Crippen LogP contribution is -2.05. The number of halogens is 2. The van der Waals surface area contributed by atoms with Crippen LogP contribution in [-0.4, -0.2) is 13.1 Å². The molecule has 0 unspecified atom stereocenters. The van der Waals surface area contributed by atoms with Crippen LogP contribution < -0.4 is 5.73 Å². The number of carbonyl (C=O) groups is 1. The van der Waals surface area contributed by atoms with Crippen molar-refractivity contribution in [2.24, 2.45) is 0 Å². The predicted molar refractivity (Wildman–Crippen MR) is 62.0 cm³/mol. The highest BCUT2D eigenvalue weighted by Gasteiger charge is 2.10. The number of carbonyl (C=O) groups excluding carboxylic acids is 1. The summed E-state index contributed by atoms with van der Waals surface area (Å²) in [6, 6.07) is 3.51. The molecule has 0 amide bonds. The van der Waals surface area contributed by atoms with Crippen molar-refractivity contribution in [3.8, 4) is 0 Å². The van der Waals surface area contributed by atoms with E-state index in [1.54, 1.807) is 12.1 Å². The number of ether oxygens (including phenoxy) is 1. The fourth-order valence-electron chi connectivity index (χ4n) is 1.03. The van der Waals surface area contributed by atoms with Gasteiger partial charge in [0, 0.05) is 14.6 Å². The van der Waals surface area contributed by atoms with E-state index in [-0.39, 0.29) is 12.4 Å². The second kappa shape index (κ2) is 4.79. The minimum Gasteiger partial charge on any atom is -0.469 e. The predicted octanol–water partition coefficient (Wildman–Crippen LogP) is 2.51. The molecule has 0 aliphatic carbocycles. The number of nitrogen functional groups attached to an aromatic ring is 1. The Kier molecular flexibility index (Phi) is 3.95. The highest BCUT2D eigenvalue weighted by atomic mass is 79.9. The first kappa shape index (κ1) is 11.5. The lowest BCUT2D eigenvalue weighted by molar-refractivity contribution is -0.139. The van der Waals surface area contributed by atoms with E-state index in [1.807, 2.05) is 0 Å². The summed E-state index contributed by atoms with van der Waals surface area (Å²) in [6.07, 6.45) is 0.209. The fourth-order valence-corrected chi connectivity index (χ4v) is 1.91. The van der Waals surface area contributed by atoms with Gasteiger partial charge >= 0.3 is 5.97 Å². The van der Waals surface area contributed by atoms with Gasteiger partial charge in [-0.15, -0.1) is 0 Å². The van der Waals surface area contributed by atoms with E-state index < -0.39 is 0 Å². The molecule has 0 bridgehead atoms. The number of methoxy groups -OCH3 is 1. The van der Waals surface area contributed by atoms with Crippen LogP contribution in [0, 0.1) is 0 Å². The first-order chi connectivity index (χ1) is 6.54. The Morgan fingerprint density at radius 1 is 1.50 bits per heavy atom. The molecule has 0 heterocycles. The largest absolute Gasteiger partial charge is 0.469 e. The molecule has 0 aromatic heterocycles. The Hall–Kier alpha value is -0.550. The van der Waals surface area contributed by atoms with E-state index >= 15 is 0 Å². The molecular formula is C9H9Br2NO2. The quantitative estimate of drug-likeness (QED) is 0.672. The first-order valence-corrected chi connectivity index (χ1v) is 5.43. The normalized spacial score (nSPS) is 9.93. The van der Waals surface area contributed by atoms with Crippen LogP contribution in [0.25, 0.3) is 0 Å². The fraction of sp³-hybridized carbons (Fsp3) is 0.222. The summed E-state index contributed by atoms with van der Waals surface area (Å²) in [5.41, 5.74) is 7.06. The van der Waals surface area contributed by atoms with Gasteiger partial charge in [0.05, 0.1) is 13.5 Å². The van der Waals surface area contributed by atoms with Crippen molar-refractivity contribution >= 4 is 43.5 Å². The molecule has 3 nitrogen and oxygen atoms in total. The number of hydrogen-bond acceptors (Lipinski definition) is 3. The summed E-state index contributed by atoms with van der Waals surface area (Å²) < 4.78 is 6.23. The minimum absolute atomic E-state index is 0.209. The molecule has 0 aliphatic rings. The summed E-state index contributed by atoms with van der Waals surface area (Å²) >= 11 is 6.69. The highest BCUT2D eigenvalue weighted by molar-refractivity contribution is 9.13. The maximum absolute atomic E-state index is 11.1. The van der Waals surface area contributed by atoms with Crippen LogP contribution in [-0.2, 0) is 16.0 Å². The Morgan fingerprint density at radius 3 is 2.71 bits per heavy atom. The number of esters is 1. The second-order valence-corrected chi connectivity index (χ2v) is 4.38. The topological polar surface area (TPSA) is 52.3 Å². The molecule has 0 fully saturated rings. The van der Waals surface area contributed by atoms with E-state index in [9.17, 15) is 4.79 Å². The Morgan fingerprint density at radius 2 is 2.14 bits per heavy atom. The second-order valence-electron chi connectivity index (χ2n) is 2.73. The zero-order chi connectivity index (χ0) is 10.7. The zero-order valence-electron chi connectivity index (χ0n) is 7.51. The van der Waals surface area contributed by atoms with E-state index in [1.165, 1.54) is 7.11 Å². The molecule has 0 radical (unpaired) electrons. The van der Waals surface area contributed by atoms with Crippen molar-refractivity contribution in [3.05, 3.63) is 26.6 Å². The Balaban J connectivity index is 3.02. The van der Waals surface area contributed by atoms with E-state index in [0.717, 1.165) is 14.5 Å². The number of anilines is 1. The third-order valence-corrected chi connectivity index (χ3v) is 3.78. The number of benzene rings is 1. The molecule has 76 valence electrons. The van der Waals surface area contributed by atoms with Crippen LogP contribution >= 0.6 is 31.9 Å². The standard InChI is InChI=1S/C9H9Br2NO2/c1-14-8(13)3-5-2-6(12)4-7(10)9(5)11/h2,4H,3,12H2,1H3. The van der Waals surface area contributed by atoms with Gasteiger partial charge in [0.1, 0.15) is 0 Å². The SMILES string of the molecule is COC(=O)Cc1cc(N)cc(Br)c1Br. The maximum atomic E-state index is 11.1. The molecule has 0 atom stereocenters. The minimum atomic E-state index is -0.289. The van der Waals surface area contributed by atoms with Crippen molar-refractivity contribution in [2.75, 3.05) is 12.8 Å². The van der Waals surface area contributed by atoms with Crippen molar-refractivity contribution < 1.29 is 9.53 Å². The van der Waals surface area contributed by atoms with Crippen molar-refractivity contribution in [2.45, 2.75) is 6.42 Å². The molecule has 2 N–H and O–H groups in total. The average Bonchev–Trinajstić information content (AvgIpc) is 2.13. The van der Waals surface area contributed by atoms with Crippen LogP contribution in [0.4, 0.5) is 5.69 Å². The molecule has 1 aromatic carbocycles. The Bertz CT molecular complexity index is 366. The van der Waals surface area contributed by atoms with Gasteiger partial charge in [-0.3, -0.25) is 4.79 Å². The van der Waals surface area contributed by atoms with Gasteiger partial charge in [0.2, 0.25) is 0 Å². The summed E-state index contributed by atoms with van der Waals surface area (Å²) in [5.74, 6) is -0.289. The summed E-state index contributed by atoms with van der Waals surface area (Å²) in [4.78, 5) is 11.1. The molecule has 1 aromatic rings. The van der Waals surface area contributed by atoms with Gasteiger partial charge in [-0.25, -0.2) is 0 Å². The molecule has 0 spiro atoms. The van der Waals surface area contributed by atoms with E-state index in [2.05, 4.69) is 36.6 Å². The first-order valence-electron chi connectivity index (χ1n) is 3.84. The third-order valence-electron chi connectivity index (χ3n) is 1.69. The zero-order valence-corrected chi connectivity index (χ0v) is 10.7. The van der Waals surface area contributed by atoms with Crippen molar-refractivity contribution in [1.82, 2.24) is 0 Å². The molecule has 0 aliphatic heterocycles. The maximum Gasteiger partial charge on any atom is 0.310 e. The average molecular weight is 323 g/mol. The van der Waals surface area contributed by atoms with Crippen LogP contribution in [0.1, 0.15) is 5.56 Å². The molecule has 0 saturated heterocycles. The molecule has 14 heavy (non-hydrogen) atoms. The molecule has 0 saturated carbocycles. The summed E-state index contributed by atoms with van der Waals surface area (Å²) in [6.45, 7) is 0. The van der Waals surface area contributed by atoms with E-state index in [0.29, 0.717) is 5.69 Å². The van der Waals surface area contributed by atoms with Crippen molar-refractivity contribution in [1.29, 1.82) is 0 Å². The number of nitrogens with two attached hydrogens (primary N) is 1. The van der Waals surface area contributed by atoms with Gasteiger partial charge in [-0.2, -0.15) is 0 Å². The number of rotatable bonds is 2. The van der Waals surface area contributed by atoms with Gasteiger partial charge in [0.25, 0.3) is 0 Å². The van der Waals surface area contributed by atoms with Crippen LogP contribution in [0.5, 0.6) is 0 Å². The van der Waals surface area contributed by atoms with Crippen molar-refractivity contribution in [3.63, 3.8) is 0 Å². The molecule has 5 heteroatoms. The van der Waals surface area contributed by atoms with Crippen LogP contribution in [0.3, 0.4) is 0 Å². The van der Waals surface area contributed by atoms with Crippen LogP contribution in [0.2, 0.25) is 0 Å². The van der Waals surface area contributed by atoms with Gasteiger partial charge < -0.3 is 10.5 Å². The third kappa shape index (κ3) is 2.72. The van der Waals surface area contributed by atoms with Crippen LogP contribution in [0.15, 0.2) is 21.1 Å². The highest BCUT2D eigenvalue weighted by Crippen LogP contribution is 2.29. The summed E-state index contributed by atoms with van der Waals surface area (Å²) in [5, 5.41) is 0. The van der Waals surface area contributed by atoms with E-state index in [4.69, 9.17) is 5.73 Å². The van der Waals surface area contributed by atoms with Gasteiger partial charge in [-0.1, -0.05) is 0 Å². The molecule has 1 rings (SSSR count). The van der Waals surface area contributed by atoms with Gasteiger partial charge in [-0.05, 0) is 49.6 Å².